The van der Waals surface area contributed by atoms with Crippen molar-refractivity contribution < 1.29 is 9.90 Å². The van der Waals surface area contributed by atoms with E-state index in [9.17, 15) is 9.90 Å². The Kier molecular flexibility index (Phi) is 4.10. The van der Waals surface area contributed by atoms with Crippen LogP contribution in [0, 0.1) is 16.7 Å². The molecule has 1 aliphatic heterocycles. The molecule has 4 nitrogen and oxygen atoms in total. The normalized spacial score (nSPS) is 19.1. The summed E-state index contributed by atoms with van der Waals surface area (Å²) in [7, 11) is 0. The van der Waals surface area contributed by atoms with Gasteiger partial charge in [0.25, 0.3) is 0 Å². The van der Waals surface area contributed by atoms with Gasteiger partial charge in [0.05, 0.1) is 11.5 Å². The molecular weight excluding hydrogens is 252 g/mol. The number of carboxylic acids is 1. The fourth-order valence-corrected chi connectivity index (χ4v) is 2.53. The minimum absolute atomic E-state index is 0.417. The van der Waals surface area contributed by atoms with Gasteiger partial charge in [-0.05, 0) is 37.8 Å². The number of nitrogens with zero attached hydrogens (tertiary/aromatic N) is 2. The topological polar surface area (TPSA) is 64.3 Å². The van der Waals surface area contributed by atoms with E-state index in [2.05, 4.69) is 12.1 Å². The van der Waals surface area contributed by atoms with Gasteiger partial charge in [0.15, 0.2) is 0 Å². The van der Waals surface area contributed by atoms with Crippen molar-refractivity contribution in [2.45, 2.75) is 39.3 Å². The van der Waals surface area contributed by atoms with Gasteiger partial charge in [-0.15, -0.1) is 0 Å². The van der Waals surface area contributed by atoms with Crippen molar-refractivity contribution in [3.05, 3.63) is 35.4 Å². The van der Waals surface area contributed by atoms with Gasteiger partial charge < -0.3 is 5.11 Å². The van der Waals surface area contributed by atoms with Gasteiger partial charge in [0.2, 0.25) is 0 Å². The van der Waals surface area contributed by atoms with Crippen molar-refractivity contribution in [1.29, 1.82) is 5.26 Å². The zero-order valence-corrected chi connectivity index (χ0v) is 12.0. The lowest BCUT2D eigenvalue weighted by molar-refractivity contribution is -0.144. The largest absolute Gasteiger partial charge is 0.480 e. The number of hydrogen-bond acceptors (Lipinski definition) is 3. The zero-order valence-electron chi connectivity index (χ0n) is 12.0. The number of carboxylic acid groups (broad SMARTS) is 1. The third kappa shape index (κ3) is 3.17. The molecule has 1 atom stereocenters. The van der Waals surface area contributed by atoms with Crippen molar-refractivity contribution in [3.8, 4) is 6.07 Å². The Bertz CT molecular complexity index is 546. The van der Waals surface area contributed by atoms with E-state index in [4.69, 9.17) is 5.26 Å². The van der Waals surface area contributed by atoms with Crippen LogP contribution in [0.4, 0.5) is 0 Å². The fraction of sp³-hybridized carbons (Fsp3) is 0.500. The second-order valence-electron chi connectivity index (χ2n) is 6.04. The van der Waals surface area contributed by atoms with Crippen molar-refractivity contribution in [2.75, 3.05) is 6.54 Å². The van der Waals surface area contributed by atoms with Crippen LogP contribution in [-0.2, 0) is 17.8 Å². The summed E-state index contributed by atoms with van der Waals surface area (Å²) in [5.41, 5.74) is 1.90. The first-order valence-electron chi connectivity index (χ1n) is 6.88. The number of carbonyl (C=O) groups is 1. The molecule has 1 N–H and O–H groups in total. The molecule has 0 aromatic heterocycles. The number of hydrogen-bond donors (Lipinski definition) is 1. The molecule has 0 fully saturated rings. The Hall–Kier alpha value is -1.86. The lowest BCUT2D eigenvalue weighted by Gasteiger charge is -2.35. The van der Waals surface area contributed by atoms with Gasteiger partial charge >= 0.3 is 5.97 Å². The Morgan fingerprint density at radius 1 is 1.45 bits per heavy atom. The monoisotopic (exact) mass is 272 g/mol. The first-order chi connectivity index (χ1) is 9.43. The highest BCUT2D eigenvalue weighted by molar-refractivity contribution is 5.74. The second kappa shape index (κ2) is 5.64. The van der Waals surface area contributed by atoms with E-state index >= 15 is 0 Å². The maximum Gasteiger partial charge on any atom is 0.321 e. The number of fused-ring (bicyclic) bond motifs is 1. The molecule has 20 heavy (non-hydrogen) atoms. The lowest BCUT2D eigenvalue weighted by atomic mass is 9.89. The van der Waals surface area contributed by atoms with Gasteiger partial charge in [-0.1, -0.05) is 24.3 Å². The first-order valence-corrected chi connectivity index (χ1v) is 6.88. The van der Waals surface area contributed by atoms with E-state index in [0.29, 0.717) is 25.9 Å². The minimum atomic E-state index is -0.783. The fourth-order valence-electron chi connectivity index (χ4n) is 2.53. The third-order valence-electron chi connectivity index (χ3n) is 3.96. The van der Waals surface area contributed by atoms with Crippen molar-refractivity contribution in [3.63, 3.8) is 0 Å². The number of nitriles is 1. The first kappa shape index (κ1) is 14.5. The van der Waals surface area contributed by atoms with Crippen LogP contribution >= 0.6 is 0 Å². The van der Waals surface area contributed by atoms with E-state index < -0.39 is 17.4 Å². The van der Waals surface area contributed by atoms with Gasteiger partial charge in [0, 0.05) is 13.1 Å². The second-order valence-corrected chi connectivity index (χ2v) is 6.04. The average molecular weight is 272 g/mol. The molecule has 2 rings (SSSR count). The van der Waals surface area contributed by atoms with Gasteiger partial charge in [-0.2, -0.15) is 5.26 Å². The average Bonchev–Trinajstić information content (AvgIpc) is 2.44. The zero-order chi connectivity index (χ0) is 14.8. The summed E-state index contributed by atoms with van der Waals surface area (Å²) in [6, 6.07) is 9.77. The summed E-state index contributed by atoms with van der Waals surface area (Å²) in [6.45, 7) is 5.06. The number of benzene rings is 1. The molecule has 0 saturated carbocycles. The highest BCUT2D eigenvalue weighted by Crippen LogP contribution is 2.26. The van der Waals surface area contributed by atoms with Gasteiger partial charge in [-0.25, -0.2) is 0 Å². The van der Waals surface area contributed by atoms with E-state index in [1.54, 1.807) is 0 Å². The van der Waals surface area contributed by atoms with E-state index in [-0.39, 0.29) is 0 Å². The van der Waals surface area contributed by atoms with Crippen LogP contribution < -0.4 is 0 Å². The molecule has 0 saturated heterocycles. The van der Waals surface area contributed by atoms with E-state index in [0.717, 1.165) is 5.56 Å². The molecule has 0 aliphatic carbocycles. The predicted octanol–water partition coefficient (Wildman–Crippen LogP) is 2.44. The molecular formula is C16H20N2O2. The molecule has 0 amide bonds. The molecule has 1 heterocycles. The molecule has 106 valence electrons. The van der Waals surface area contributed by atoms with Crippen LogP contribution in [0.15, 0.2) is 24.3 Å². The third-order valence-corrected chi connectivity index (χ3v) is 3.96. The molecule has 0 bridgehead atoms. The van der Waals surface area contributed by atoms with E-state index in [1.165, 1.54) is 5.56 Å². The maximum atomic E-state index is 11.5. The molecule has 0 spiro atoms. The highest BCUT2D eigenvalue weighted by atomic mass is 16.4. The summed E-state index contributed by atoms with van der Waals surface area (Å²) in [4.78, 5) is 13.4. The van der Waals surface area contributed by atoms with Gasteiger partial charge in [-0.3, -0.25) is 9.69 Å². The predicted molar refractivity (Wildman–Crippen MR) is 76.0 cm³/mol. The van der Waals surface area contributed by atoms with Gasteiger partial charge in [0.1, 0.15) is 6.04 Å². The van der Waals surface area contributed by atoms with Crippen LogP contribution in [0.5, 0.6) is 0 Å². The molecule has 0 unspecified atom stereocenters. The molecule has 0 radical (unpaired) electrons. The van der Waals surface area contributed by atoms with Crippen molar-refractivity contribution in [2.24, 2.45) is 5.41 Å². The molecule has 1 aromatic rings. The van der Waals surface area contributed by atoms with Crippen molar-refractivity contribution in [1.82, 2.24) is 4.90 Å². The summed E-state index contributed by atoms with van der Waals surface area (Å²) in [6.07, 6.45) is 1.22. The SMILES string of the molecule is CC(C)(C#N)CCN1Cc2ccccc2C[C@H]1C(=O)O. The Labute approximate surface area is 119 Å². The summed E-state index contributed by atoms with van der Waals surface area (Å²) < 4.78 is 0. The Morgan fingerprint density at radius 2 is 2.10 bits per heavy atom. The standard InChI is InChI=1S/C16H20N2O2/c1-16(2,11-17)7-8-18-10-13-6-4-3-5-12(13)9-14(18)15(19)20/h3-6,14H,7-10H2,1-2H3,(H,19,20)/t14-/m0/s1. The van der Waals surface area contributed by atoms with Crippen LogP contribution in [0.3, 0.4) is 0 Å². The van der Waals surface area contributed by atoms with Crippen LogP contribution in [-0.4, -0.2) is 28.6 Å². The molecule has 4 heteroatoms. The van der Waals surface area contributed by atoms with Crippen LogP contribution in [0.2, 0.25) is 0 Å². The minimum Gasteiger partial charge on any atom is -0.480 e. The molecule has 1 aliphatic rings. The number of rotatable bonds is 4. The maximum absolute atomic E-state index is 11.5. The van der Waals surface area contributed by atoms with Crippen LogP contribution in [0.1, 0.15) is 31.4 Å². The summed E-state index contributed by atoms with van der Waals surface area (Å²) in [5, 5.41) is 18.5. The van der Waals surface area contributed by atoms with E-state index in [1.807, 2.05) is 36.9 Å². The summed E-state index contributed by atoms with van der Waals surface area (Å²) >= 11 is 0. The summed E-state index contributed by atoms with van der Waals surface area (Å²) in [5.74, 6) is -0.783. The van der Waals surface area contributed by atoms with Crippen LogP contribution in [0.25, 0.3) is 0 Å². The Balaban J connectivity index is 2.15. The lowest BCUT2D eigenvalue weighted by Crippen LogP contribution is -2.46. The quantitative estimate of drug-likeness (QED) is 0.914. The van der Waals surface area contributed by atoms with Crippen molar-refractivity contribution >= 4 is 5.97 Å². The molecule has 1 aromatic carbocycles. The Morgan fingerprint density at radius 3 is 2.70 bits per heavy atom. The smallest absolute Gasteiger partial charge is 0.321 e. The highest BCUT2D eigenvalue weighted by Gasteiger charge is 2.32. The number of aliphatic carboxylic acids is 1.